The average molecular weight is 256 g/mol. The van der Waals surface area contributed by atoms with Crippen molar-refractivity contribution in [3.8, 4) is 0 Å². The molecule has 0 saturated carbocycles. The third kappa shape index (κ3) is 14.9. The number of rotatable bonds is 13. The Morgan fingerprint density at radius 1 is 0.667 bits per heavy atom. The molecule has 0 radical (unpaired) electrons. The number of hydrogen-bond acceptors (Lipinski definition) is 4. The van der Waals surface area contributed by atoms with Crippen molar-refractivity contribution in [3.05, 3.63) is 0 Å². The van der Waals surface area contributed by atoms with Crippen molar-refractivity contribution in [2.24, 2.45) is 10.3 Å². The van der Waals surface area contributed by atoms with E-state index in [0.29, 0.717) is 13.2 Å². The topological polar surface area (TPSA) is 43.2 Å². The first kappa shape index (κ1) is 16.9. The minimum absolute atomic E-state index is 0.683. The van der Waals surface area contributed by atoms with Crippen molar-refractivity contribution in [1.29, 1.82) is 0 Å². The van der Waals surface area contributed by atoms with Gasteiger partial charge in [-0.15, -0.1) is 0 Å². The van der Waals surface area contributed by atoms with E-state index >= 15 is 0 Å². The quantitative estimate of drug-likeness (QED) is 0.282. The molecule has 0 aliphatic heterocycles. The minimum atomic E-state index is 0.683. The van der Waals surface area contributed by atoms with Crippen LogP contribution in [-0.2, 0) is 9.68 Å². The van der Waals surface area contributed by atoms with Crippen LogP contribution in [0.4, 0.5) is 0 Å². The number of hydrogen-bond donors (Lipinski definition) is 0. The molecular weight excluding hydrogens is 228 g/mol. The van der Waals surface area contributed by atoms with E-state index in [1.54, 1.807) is 0 Å². The lowest BCUT2D eigenvalue weighted by Gasteiger charge is -1.98. The first-order valence-corrected chi connectivity index (χ1v) is 7.21. The third-order valence-electron chi connectivity index (χ3n) is 2.52. The molecule has 0 rings (SSSR count). The molecule has 0 N–H and O–H groups in total. The first-order chi connectivity index (χ1) is 8.91. The van der Waals surface area contributed by atoms with E-state index in [-0.39, 0.29) is 0 Å². The summed E-state index contributed by atoms with van der Waals surface area (Å²) in [6, 6.07) is 0. The average Bonchev–Trinajstić information content (AvgIpc) is 2.39. The smallest absolute Gasteiger partial charge is 0.117 e. The normalized spacial score (nSPS) is 11.4. The molecule has 0 aromatic heterocycles. The molecule has 4 nitrogen and oxygen atoms in total. The van der Waals surface area contributed by atoms with Crippen LogP contribution in [0, 0.1) is 0 Å². The summed E-state index contributed by atoms with van der Waals surface area (Å²) in [5.41, 5.74) is 0. The monoisotopic (exact) mass is 256 g/mol. The van der Waals surface area contributed by atoms with Crippen molar-refractivity contribution in [1.82, 2.24) is 0 Å². The Kier molecular flexibility index (Phi) is 15.0. The van der Waals surface area contributed by atoms with Crippen LogP contribution in [0.5, 0.6) is 0 Å². The Morgan fingerprint density at radius 2 is 1.11 bits per heavy atom. The molecule has 4 heteroatoms. The molecule has 0 spiro atoms. The second-order valence-electron chi connectivity index (χ2n) is 4.30. The highest BCUT2D eigenvalue weighted by Gasteiger charge is 1.87. The fraction of sp³-hybridized carbons (Fsp3) is 0.857. The molecule has 106 valence electrons. The third-order valence-corrected chi connectivity index (χ3v) is 2.52. The molecule has 0 unspecified atom stereocenters. The molecule has 0 saturated heterocycles. The maximum absolute atomic E-state index is 5.06. The van der Waals surface area contributed by atoms with Crippen LogP contribution in [0.2, 0.25) is 0 Å². The maximum atomic E-state index is 5.06. The van der Waals surface area contributed by atoms with Gasteiger partial charge in [0.2, 0.25) is 0 Å². The van der Waals surface area contributed by atoms with Gasteiger partial charge in [0.15, 0.2) is 0 Å². The predicted molar refractivity (Wildman–Crippen MR) is 77.2 cm³/mol. The zero-order valence-electron chi connectivity index (χ0n) is 11.9. The van der Waals surface area contributed by atoms with Gasteiger partial charge < -0.3 is 9.68 Å². The van der Waals surface area contributed by atoms with Gasteiger partial charge >= 0.3 is 0 Å². The van der Waals surface area contributed by atoms with E-state index in [9.17, 15) is 0 Å². The van der Waals surface area contributed by atoms with Gasteiger partial charge in [-0.1, -0.05) is 49.8 Å². The van der Waals surface area contributed by atoms with Crippen LogP contribution < -0.4 is 0 Å². The molecule has 0 fully saturated rings. The second-order valence-corrected chi connectivity index (χ2v) is 4.30. The van der Waals surface area contributed by atoms with Crippen LogP contribution in [0.3, 0.4) is 0 Å². The zero-order chi connectivity index (χ0) is 13.3. The Hall–Kier alpha value is -1.06. The van der Waals surface area contributed by atoms with E-state index < -0.39 is 0 Å². The molecule has 0 atom stereocenters. The van der Waals surface area contributed by atoms with Crippen molar-refractivity contribution in [3.63, 3.8) is 0 Å². The van der Waals surface area contributed by atoms with Crippen molar-refractivity contribution in [2.75, 3.05) is 13.2 Å². The highest BCUT2D eigenvalue weighted by molar-refractivity contribution is 6.15. The summed E-state index contributed by atoms with van der Waals surface area (Å²) in [7, 11) is 0. The Labute approximate surface area is 111 Å². The van der Waals surface area contributed by atoms with Gasteiger partial charge in [-0.05, 0) is 25.7 Å². The summed E-state index contributed by atoms with van der Waals surface area (Å²) in [6.07, 6.45) is 12.6. The van der Waals surface area contributed by atoms with Gasteiger partial charge in [-0.3, -0.25) is 0 Å². The highest BCUT2D eigenvalue weighted by atomic mass is 16.6. The van der Waals surface area contributed by atoms with Gasteiger partial charge in [0.25, 0.3) is 0 Å². The molecule has 0 aromatic carbocycles. The molecule has 0 aromatic rings. The van der Waals surface area contributed by atoms with E-state index in [4.69, 9.17) is 9.68 Å². The predicted octanol–water partition coefficient (Wildman–Crippen LogP) is 4.15. The summed E-state index contributed by atoms with van der Waals surface area (Å²) in [5, 5.41) is 7.52. The summed E-state index contributed by atoms with van der Waals surface area (Å²) in [6.45, 7) is 5.75. The Bertz CT molecular complexity index is 184. The van der Waals surface area contributed by atoms with E-state index in [1.165, 1.54) is 51.0 Å². The van der Waals surface area contributed by atoms with Crippen molar-refractivity contribution in [2.45, 2.75) is 65.2 Å². The molecular formula is C14H28N2O2. The Morgan fingerprint density at radius 3 is 1.50 bits per heavy atom. The van der Waals surface area contributed by atoms with Crippen LogP contribution in [-0.4, -0.2) is 25.6 Å². The second kappa shape index (κ2) is 15.9. The van der Waals surface area contributed by atoms with Gasteiger partial charge in [0.1, 0.15) is 13.2 Å². The van der Waals surface area contributed by atoms with Crippen LogP contribution in [0.15, 0.2) is 10.3 Å². The lowest BCUT2D eigenvalue weighted by Crippen LogP contribution is -1.91. The lowest BCUT2D eigenvalue weighted by atomic mass is 10.2. The van der Waals surface area contributed by atoms with Crippen LogP contribution in [0.1, 0.15) is 65.2 Å². The number of oxime groups is 2. The molecule has 0 aliphatic carbocycles. The molecule has 0 amide bonds. The SMILES string of the molecule is CCCCCCO/N=C/C=N/OCCCCCC. The standard InChI is InChI=1S/C14H28N2O2/c1-3-5-7-9-13-17-15-11-12-16-18-14-10-8-6-4-2/h11-12H,3-10,13-14H2,1-2H3/b15-11+,16-12+. The number of nitrogens with zero attached hydrogens (tertiary/aromatic N) is 2. The fourth-order valence-electron chi connectivity index (χ4n) is 1.43. The summed E-state index contributed by atoms with van der Waals surface area (Å²) in [4.78, 5) is 10.1. The van der Waals surface area contributed by atoms with Crippen LogP contribution in [0.25, 0.3) is 0 Å². The first-order valence-electron chi connectivity index (χ1n) is 7.21. The van der Waals surface area contributed by atoms with E-state index in [1.807, 2.05) is 0 Å². The van der Waals surface area contributed by atoms with Crippen molar-refractivity contribution < 1.29 is 9.68 Å². The molecule has 0 heterocycles. The largest absolute Gasteiger partial charge is 0.396 e. The van der Waals surface area contributed by atoms with Gasteiger partial charge in [-0.2, -0.15) is 0 Å². The Balaban J connectivity index is 3.15. The summed E-state index contributed by atoms with van der Waals surface area (Å²) in [5.74, 6) is 0. The molecule has 0 bridgehead atoms. The molecule has 18 heavy (non-hydrogen) atoms. The van der Waals surface area contributed by atoms with Crippen LogP contribution >= 0.6 is 0 Å². The van der Waals surface area contributed by atoms with E-state index in [2.05, 4.69) is 24.2 Å². The van der Waals surface area contributed by atoms with Gasteiger partial charge in [0, 0.05) is 0 Å². The minimum Gasteiger partial charge on any atom is -0.396 e. The highest BCUT2D eigenvalue weighted by Crippen LogP contribution is 1.99. The van der Waals surface area contributed by atoms with E-state index in [0.717, 1.165) is 12.8 Å². The maximum Gasteiger partial charge on any atom is 0.117 e. The number of unbranched alkanes of at least 4 members (excludes halogenated alkanes) is 6. The summed E-state index contributed by atoms with van der Waals surface area (Å²) < 4.78 is 0. The zero-order valence-corrected chi connectivity index (χ0v) is 11.9. The van der Waals surface area contributed by atoms with Crippen molar-refractivity contribution >= 4 is 12.4 Å². The van der Waals surface area contributed by atoms with Gasteiger partial charge in [-0.25, -0.2) is 0 Å². The lowest BCUT2D eigenvalue weighted by molar-refractivity contribution is 0.138. The summed E-state index contributed by atoms with van der Waals surface area (Å²) >= 11 is 0. The molecule has 0 aliphatic rings. The fourth-order valence-corrected chi connectivity index (χ4v) is 1.43. The van der Waals surface area contributed by atoms with Gasteiger partial charge in [0.05, 0.1) is 12.4 Å².